The number of halogens is 4. The Kier molecular flexibility index (Phi) is 6.16. The fourth-order valence-corrected chi connectivity index (χ4v) is 4.03. The van der Waals surface area contributed by atoms with Gasteiger partial charge in [0.25, 0.3) is 0 Å². The van der Waals surface area contributed by atoms with Crippen molar-refractivity contribution in [1.29, 1.82) is 0 Å². The van der Waals surface area contributed by atoms with Crippen LogP contribution < -0.4 is 5.32 Å². The number of anilines is 1. The highest BCUT2D eigenvalue weighted by Crippen LogP contribution is 2.50. The monoisotopic (exact) mass is 489 g/mol. The number of hydrogen-bond donors (Lipinski definition) is 2. The van der Waals surface area contributed by atoms with Crippen molar-refractivity contribution in [2.24, 2.45) is 0 Å². The zero-order valence-corrected chi connectivity index (χ0v) is 19.0. The van der Waals surface area contributed by atoms with Gasteiger partial charge in [0.15, 0.2) is 0 Å². The lowest BCUT2D eigenvalue weighted by atomic mass is 9.93. The Morgan fingerprint density at radius 1 is 1.20 bits per heavy atom. The minimum absolute atomic E-state index is 0.0583. The largest absolute Gasteiger partial charge is 0.478 e. The Morgan fingerprint density at radius 2 is 1.91 bits per heavy atom. The highest BCUT2D eigenvalue weighted by molar-refractivity contribution is 6.03. The van der Waals surface area contributed by atoms with E-state index in [1.54, 1.807) is 23.1 Å². The van der Waals surface area contributed by atoms with Crippen molar-refractivity contribution in [1.82, 2.24) is 9.78 Å². The lowest BCUT2D eigenvalue weighted by Gasteiger charge is -2.18. The molecule has 4 rings (SSSR count). The smallest absolute Gasteiger partial charge is 0.416 e. The summed E-state index contributed by atoms with van der Waals surface area (Å²) in [6, 6.07) is 6.65. The number of rotatable bonds is 7. The van der Waals surface area contributed by atoms with Crippen LogP contribution in [0.15, 0.2) is 48.8 Å². The first-order chi connectivity index (χ1) is 16.5. The van der Waals surface area contributed by atoms with E-state index in [-0.39, 0.29) is 35.7 Å². The number of carboxylic acids is 1. The van der Waals surface area contributed by atoms with Crippen LogP contribution in [0.2, 0.25) is 0 Å². The van der Waals surface area contributed by atoms with Crippen molar-refractivity contribution in [3.63, 3.8) is 0 Å². The quantitative estimate of drug-likeness (QED) is 0.396. The van der Waals surface area contributed by atoms with Gasteiger partial charge in [0.05, 0.1) is 22.7 Å². The van der Waals surface area contributed by atoms with Crippen molar-refractivity contribution in [3.05, 3.63) is 71.3 Å². The third kappa shape index (κ3) is 4.65. The van der Waals surface area contributed by atoms with E-state index in [0.717, 1.165) is 18.6 Å². The fourth-order valence-electron chi connectivity index (χ4n) is 4.03. The van der Waals surface area contributed by atoms with E-state index < -0.39 is 34.8 Å². The molecular formula is C25H23F4N3O3. The van der Waals surface area contributed by atoms with Crippen LogP contribution in [0.1, 0.15) is 60.6 Å². The van der Waals surface area contributed by atoms with Crippen molar-refractivity contribution < 1.29 is 32.3 Å². The summed E-state index contributed by atoms with van der Waals surface area (Å²) >= 11 is 0. The van der Waals surface area contributed by atoms with Crippen LogP contribution in [0.4, 0.5) is 23.2 Å². The van der Waals surface area contributed by atoms with Gasteiger partial charge >= 0.3 is 12.1 Å². The topological polar surface area (TPSA) is 84.2 Å². The molecule has 35 heavy (non-hydrogen) atoms. The highest BCUT2D eigenvalue weighted by atomic mass is 19.4. The average molecular weight is 489 g/mol. The molecule has 0 aliphatic heterocycles. The van der Waals surface area contributed by atoms with Crippen molar-refractivity contribution >= 4 is 17.6 Å². The number of amides is 1. The van der Waals surface area contributed by atoms with Crippen molar-refractivity contribution in [2.75, 3.05) is 5.32 Å². The first kappa shape index (κ1) is 24.4. The molecule has 0 saturated heterocycles. The van der Waals surface area contributed by atoms with Gasteiger partial charge in [-0.15, -0.1) is 0 Å². The fraction of sp³-hybridized carbons (Fsp3) is 0.320. The second-order valence-corrected chi connectivity index (χ2v) is 8.76. The number of nitrogens with zero attached hydrogens (tertiary/aromatic N) is 2. The number of benzene rings is 2. The molecule has 184 valence electrons. The maximum absolute atomic E-state index is 14.5. The number of nitrogens with one attached hydrogen (secondary N) is 1. The molecule has 1 saturated carbocycles. The molecular weight excluding hydrogens is 466 g/mol. The molecule has 1 fully saturated rings. The normalized spacial score (nSPS) is 15.5. The van der Waals surface area contributed by atoms with Gasteiger partial charge in [0.2, 0.25) is 5.91 Å². The van der Waals surface area contributed by atoms with Crippen LogP contribution in [-0.4, -0.2) is 26.8 Å². The third-order valence-corrected chi connectivity index (χ3v) is 6.46. The molecule has 2 aromatic carbocycles. The Hall–Kier alpha value is -3.69. The Labute approximate surface area is 198 Å². The van der Waals surface area contributed by atoms with E-state index in [2.05, 4.69) is 10.4 Å². The number of carbonyl (C=O) groups is 2. The van der Waals surface area contributed by atoms with Crippen LogP contribution in [0.25, 0.3) is 11.1 Å². The average Bonchev–Trinajstić information content (AvgIpc) is 3.47. The van der Waals surface area contributed by atoms with Gasteiger partial charge in [-0.2, -0.15) is 18.3 Å². The Morgan fingerprint density at radius 3 is 2.49 bits per heavy atom. The van der Waals surface area contributed by atoms with Gasteiger partial charge in [0.1, 0.15) is 5.82 Å². The van der Waals surface area contributed by atoms with Crippen molar-refractivity contribution in [3.8, 4) is 11.1 Å². The summed E-state index contributed by atoms with van der Waals surface area (Å²) in [4.78, 5) is 25.0. The molecule has 1 heterocycles. The molecule has 1 aromatic heterocycles. The first-order valence-corrected chi connectivity index (χ1v) is 11.1. The number of hydrogen-bond acceptors (Lipinski definition) is 3. The van der Waals surface area contributed by atoms with E-state index in [1.165, 1.54) is 12.1 Å². The van der Waals surface area contributed by atoms with Gasteiger partial charge in [-0.05, 0) is 56.0 Å². The zero-order valence-electron chi connectivity index (χ0n) is 19.0. The minimum Gasteiger partial charge on any atom is -0.478 e. The van der Waals surface area contributed by atoms with Crippen LogP contribution in [-0.2, 0) is 16.4 Å². The zero-order chi connectivity index (χ0) is 25.5. The van der Waals surface area contributed by atoms with E-state index in [4.69, 9.17) is 0 Å². The minimum atomic E-state index is -4.70. The summed E-state index contributed by atoms with van der Waals surface area (Å²) in [6.07, 6.45) is -0.00331. The summed E-state index contributed by atoms with van der Waals surface area (Å²) < 4.78 is 54.9. The molecule has 1 aliphatic carbocycles. The number of aromatic nitrogens is 2. The molecule has 2 N–H and O–H groups in total. The SMILES string of the molecule is CCC(C)n1cc(-c2ccc(NC(=O)C3(c4ccc(C(F)(F)F)cc4F)CC3)cc2C(=O)O)cn1. The van der Waals surface area contributed by atoms with Gasteiger partial charge in [0, 0.05) is 29.1 Å². The highest BCUT2D eigenvalue weighted by Gasteiger charge is 2.53. The molecule has 1 atom stereocenters. The molecule has 1 amide bonds. The molecule has 10 heteroatoms. The van der Waals surface area contributed by atoms with Crippen LogP contribution in [0, 0.1) is 5.82 Å². The second kappa shape index (κ2) is 8.83. The van der Waals surface area contributed by atoms with Gasteiger partial charge in [-0.1, -0.05) is 19.1 Å². The van der Waals surface area contributed by atoms with Crippen LogP contribution >= 0.6 is 0 Å². The lowest BCUT2D eigenvalue weighted by Crippen LogP contribution is -2.29. The molecule has 0 spiro atoms. The van der Waals surface area contributed by atoms with Crippen molar-refractivity contribution in [2.45, 2.75) is 50.7 Å². The van der Waals surface area contributed by atoms with Gasteiger partial charge in [-0.25, -0.2) is 9.18 Å². The Balaban J connectivity index is 1.60. The van der Waals surface area contributed by atoms with Gasteiger partial charge < -0.3 is 10.4 Å². The molecule has 1 aliphatic rings. The van der Waals surface area contributed by atoms with E-state index >= 15 is 0 Å². The second-order valence-electron chi connectivity index (χ2n) is 8.76. The first-order valence-electron chi connectivity index (χ1n) is 11.1. The predicted octanol–water partition coefficient (Wildman–Crippen LogP) is 6.05. The van der Waals surface area contributed by atoms with E-state index in [1.807, 2.05) is 13.8 Å². The maximum atomic E-state index is 14.5. The van der Waals surface area contributed by atoms with Gasteiger partial charge in [-0.3, -0.25) is 9.48 Å². The summed E-state index contributed by atoms with van der Waals surface area (Å²) in [6.45, 7) is 4.00. The standard InChI is InChI=1S/C25H23F4N3O3/c1-3-14(2)32-13-15(12-30-32)18-6-5-17(11-19(18)22(33)34)31-23(35)24(8-9-24)20-7-4-16(10-21(20)26)25(27,28)29/h4-7,10-14H,3,8-9H2,1-2H3,(H,31,35)(H,33,34). The number of aromatic carboxylic acids is 1. The lowest BCUT2D eigenvalue weighted by molar-refractivity contribution is -0.137. The maximum Gasteiger partial charge on any atom is 0.416 e. The Bertz CT molecular complexity index is 1300. The third-order valence-electron chi connectivity index (χ3n) is 6.46. The molecule has 1 unspecified atom stereocenters. The predicted molar refractivity (Wildman–Crippen MR) is 121 cm³/mol. The number of carbonyl (C=O) groups excluding carboxylic acids is 1. The number of carboxylic acid groups (broad SMARTS) is 1. The number of alkyl halides is 3. The van der Waals surface area contributed by atoms with E-state index in [9.17, 15) is 32.3 Å². The summed E-state index contributed by atoms with van der Waals surface area (Å²) in [5.41, 5.74) is -1.40. The molecule has 0 bridgehead atoms. The molecule has 6 nitrogen and oxygen atoms in total. The summed E-state index contributed by atoms with van der Waals surface area (Å²) in [5.74, 6) is -2.92. The summed E-state index contributed by atoms with van der Waals surface area (Å²) in [7, 11) is 0. The summed E-state index contributed by atoms with van der Waals surface area (Å²) in [5, 5.41) is 16.6. The van der Waals surface area contributed by atoms with Crippen LogP contribution in [0.3, 0.4) is 0 Å². The van der Waals surface area contributed by atoms with Crippen LogP contribution in [0.5, 0.6) is 0 Å². The molecule has 0 radical (unpaired) electrons. The van der Waals surface area contributed by atoms with E-state index in [0.29, 0.717) is 17.2 Å². The molecule has 3 aromatic rings.